The number of pyridine rings is 1. The summed E-state index contributed by atoms with van der Waals surface area (Å²) in [6, 6.07) is 18.2. The number of benzene rings is 2. The molecule has 0 unspecified atom stereocenters. The van der Waals surface area contributed by atoms with Gasteiger partial charge in [-0.15, -0.1) is 0 Å². The largest absolute Gasteiger partial charge is 0.379 e. The molecule has 0 bridgehead atoms. The molecule has 4 rings (SSSR count). The summed E-state index contributed by atoms with van der Waals surface area (Å²) >= 11 is 0. The normalized spacial score (nSPS) is 16.8. The third kappa shape index (κ3) is 6.00. The minimum absolute atomic E-state index is 0.0735. The van der Waals surface area contributed by atoms with Crippen molar-refractivity contribution in [1.29, 1.82) is 0 Å². The van der Waals surface area contributed by atoms with Crippen molar-refractivity contribution in [3.05, 3.63) is 78.1 Å². The molecule has 2 heterocycles. The summed E-state index contributed by atoms with van der Waals surface area (Å²) in [5.41, 5.74) is 1.34. The van der Waals surface area contributed by atoms with E-state index < -0.39 is 5.54 Å². The molecule has 1 fully saturated rings. The smallest absolute Gasteiger partial charge is 0.247 e. The van der Waals surface area contributed by atoms with Crippen LogP contribution in [0.2, 0.25) is 0 Å². The van der Waals surface area contributed by atoms with Crippen LogP contribution in [0.1, 0.15) is 31.4 Å². The maximum Gasteiger partial charge on any atom is 0.247 e. The molecule has 1 atom stereocenters. The molecule has 0 aliphatic carbocycles. The number of hydrogen-bond donors (Lipinski definition) is 1. The van der Waals surface area contributed by atoms with Gasteiger partial charge in [0.1, 0.15) is 5.54 Å². The summed E-state index contributed by atoms with van der Waals surface area (Å²) in [7, 11) is 0. The Bertz CT molecular complexity index is 1120. The molecule has 1 aliphatic heterocycles. The van der Waals surface area contributed by atoms with E-state index in [4.69, 9.17) is 4.74 Å². The fourth-order valence-electron chi connectivity index (χ4n) is 4.62. The fraction of sp³-hybridized carbons (Fsp3) is 0.393. The van der Waals surface area contributed by atoms with Crippen LogP contribution in [0.4, 0.5) is 0 Å². The first-order valence-corrected chi connectivity index (χ1v) is 12.0. The summed E-state index contributed by atoms with van der Waals surface area (Å²) in [4.78, 5) is 32.2. The Morgan fingerprint density at radius 2 is 1.94 bits per heavy atom. The van der Waals surface area contributed by atoms with Gasteiger partial charge in [0, 0.05) is 43.2 Å². The molecule has 1 saturated heterocycles. The predicted molar refractivity (Wildman–Crippen MR) is 133 cm³/mol. The Balaban J connectivity index is 1.38. The number of hydrogen-bond acceptors (Lipinski definition) is 4. The molecule has 34 heavy (non-hydrogen) atoms. The molecule has 1 N–H and O–H groups in total. The highest BCUT2D eigenvalue weighted by Gasteiger charge is 2.35. The molecule has 3 aromatic rings. The maximum absolute atomic E-state index is 13.4. The number of aryl methyl sites for hydroxylation is 1. The SMILES string of the molecule is CC(C)(NC(=O)CCc1ccccc1)C(=O)N1CCOC[C@@H](Cc2cccc3ccncc23)C1. The van der Waals surface area contributed by atoms with Gasteiger partial charge in [0.2, 0.25) is 11.8 Å². The van der Waals surface area contributed by atoms with E-state index in [2.05, 4.69) is 28.5 Å². The van der Waals surface area contributed by atoms with Gasteiger partial charge in [-0.25, -0.2) is 0 Å². The number of fused-ring (bicyclic) bond motifs is 1. The lowest BCUT2D eigenvalue weighted by Gasteiger charge is -2.33. The van der Waals surface area contributed by atoms with E-state index in [0.29, 0.717) is 39.1 Å². The summed E-state index contributed by atoms with van der Waals surface area (Å²) in [5.74, 6) is -0.0226. The molecule has 2 aromatic carbocycles. The third-order valence-electron chi connectivity index (χ3n) is 6.38. The summed E-state index contributed by atoms with van der Waals surface area (Å²) in [6.07, 6.45) is 5.51. The van der Waals surface area contributed by atoms with E-state index >= 15 is 0 Å². The lowest BCUT2D eigenvalue weighted by Crippen LogP contribution is -2.57. The molecule has 6 nitrogen and oxygen atoms in total. The minimum atomic E-state index is -0.980. The molecule has 6 heteroatoms. The van der Waals surface area contributed by atoms with Gasteiger partial charge < -0.3 is 15.0 Å². The van der Waals surface area contributed by atoms with E-state index in [0.717, 1.165) is 22.8 Å². The van der Waals surface area contributed by atoms with Crippen molar-refractivity contribution in [2.24, 2.45) is 5.92 Å². The predicted octanol–water partition coefficient (Wildman–Crippen LogP) is 3.78. The Kier molecular flexibility index (Phi) is 7.58. The van der Waals surface area contributed by atoms with E-state index in [1.807, 2.05) is 47.5 Å². The summed E-state index contributed by atoms with van der Waals surface area (Å²) in [5, 5.41) is 5.25. The Morgan fingerprint density at radius 3 is 2.76 bits per heavy atom. The zero-order chi connectivity index (χ0) is 24.0. The first-order chi connectivity index (χ1) is 16.4. The van der Waals surface area contributed by atoms with Gasteiger partial charge in [-0.1, -0.05) is 48.5 Å². The van der Waals surface area contributed by atoms with Crippen LogP contribution in [0.5, 0.6) is 0 Å². The monoisotopic (exact) mass is 459 g/mol. The highest BCUT2D eigenvalue weighted by atomic mass is 16.5. The van der Waals surface area contributed by atoms with Crippen molar-refractivity contribution in [1.82, 2.24) is 15.2 Å². The number of rotatable bonds is 7. The van der Waals surface area contributed by atoms with Crippen LogP contribution in [0.25, 0.3) is 10.8 Å². The van der Waals surface area contributed by atoms with Gasteiger partial charge in [-0.05, 0) is 49.3 Å². The topological polar surface area (TPSA) is 71.5 Å². The first kappa shape index (κ1) is 23.9. The molecular formula is C28H33N3O3. The molecule has 0 spiro atoms. The maximum atomic E-state index is 13.4. The van der Waals surface area contributed by atoms with Crippen molar-refractivity contribution in [3.8, 4) is 0 Å². The zero-order valence-electron chi connectivity index (χ0n) is 20.0. The number of nitrogens with one attached hydrogen (secondary N) is 1. The van der Waals surface area contributed by atoms with Crippen molar-refractivity contribution < 1.29 is 14.3 Å². The van der Waals surface area contributed by atoms with Crippen LogP contribution in [0, 0.1) is 5.92 Å². The molecule has 0 radical (unpaired) electrons. The lowest BCUT2D eigenvalue weighted by atomic mass is 9.95. The third-order valence-corrected chi connectivity index (χ3v) is 6.38. The van der Waals surface area contributed by atoms with E-state index in [-0.39, 0.29) is 17.7 Å². The van der Waals surface area contributed by atoms with Gasteiger partial charge in [0.15, 0.2) is 0 Å². The number of aromatic nitrogens is 1. The van der Waals surface area contributed by atoms with Crippen LogP contribution < -0.4 is 5.32 Å². The van der Waals surface area contributed by atoms with Crippen molar-refractivity contribution in [2.45, 2.75) is 38.6 Å². The quantitative estimate of drug-likeness (QED) is 0.584. The average molecular weight is 460 g/mol. The minimum Gasteiger partial charge on any atom is -0.379 e. The van der Waals surface area contributed by atoms with Gasteiger partial charge in [-0.3, -0.25) is 14.6 Å². The van der Waals surface area contributed by atoms with Crippen LogP contribution in [0.3, 0.4) is 0 Å². The Morgan fingerprint density at radius 1 is 1.12 bits per heavy atom. The second-order valence-electron chi connectivity index (χ2n) is 9.57. The number of nitrogens with zero attached hydrogens (tertiary/aromatic N) is 2. The van der Waals surface area contributed by atoms with Crippen LogP contribution in [-0.4, -0.2) is 53.5 Å². The van der Waals surface area contributed by atoms with Crippen LogP contribution >= 0.6 is 0 Å². The first-order valence-electron chi connectivity index (χ1n) is 12.0. The fourth-order valence-corrected chi connectivity index (χ4v) is 4.62. The molecule has 2 amide bonds. The summed E-state index contributed by atoms with van der Waals surface area (Å²) < 4.78 is 5.86. The summed E-state index contributed by atoms with van der Waals surface area (Å²) in [6.45, 7) is 5.79. The average Bonchev–Trinajstić information content (AvgIpc) is 3.08. The number of ether oxygens (including phenoxy) is 1. The standard InChI is InChI=1S/C28H33N3O3/c1-28(2,30-26(32)12-11-21-7-4-3-5-8-21)27(33)31-15-16-34-20-22(19-31)17-24-10-6-9-23-13-14-29-18-25(23)24/h3-10,13-14,18,22H,11-12,15-17,19-20H2,1-2H3,(H,30,32)/t22-/m0/s1. The van der Waals surface area contributed by atoms with Gasteiger partial charge in [-0.2, -0.15) is 0 Å². The molecule has 178 valence electrons. The molecular weight excluding hydrogens is 426 g/mol. The highest BCUT2D eigenvalue weighted by Crippen LogP contribution is 2.23. The zero-order valence-corrected chi connectivity index (χ0v) is 20.0. The highest BCUT2D eigenvalue weighted by molar-refractivity contribution is 5.91. The lowest BCUT2D eigenvalue weighted by molar-refractivity contribution is -0.140. The van der Waals surface area contributed by atoms with Gasteiger partial charge >= 0.3 is 0 Å². The number of carbonyl (C=O) groups excluding carboxylic acids is 2. The van der Waals surface area contributed by atoms with Crippen molar-refractivity contribution in [3.63, 3.8) is 0 Å². The number of carbonyl (C=O) groups is 2. The van der Waals surface area contributed by atoms with Crippen LogP contribution in [-0.2, 0) is 27.2 Å². The Labute approximate surface area is 201 Å². The second-order valence-corrected chi connectivity index (χ2v) is 9.57. The van der Waals surface area contributed by atoms with Crippen molar-refractivity contribution in [2.75, 3.05) is 26.3 Å². The van der Waals surface area contributed by atoms with Crippen molar-refractivity contribution >= 4 is 22.6 Å². The van der Waals surface area contributed by atoms with Gasteiger partial charge in [0.05, 0.1) is 13.2 Å². The molecule has 1 aliphatic rings. The second kappa shape index (κ2) is 10.8. The molecule has 0 saturated carbocycles. The number of amides is 2. The van der Waals surface area contributed by atoms with E-state index in [1.165, 1.54) is 5.56 Å². The Hall–Kier alpha value is -3.25. The van der Waals surface area contributed by atoms with Crippen LogP contribution in [0.15, 0.2) is 67.0 Å². The van der Waals surface area contributed by atoms with E-state index in [9.17, 15) is 9.59 Å². The van der Waals surface area contributed by atoms with Gasteiger partial charge in [0.25, 0.3) is 0 Å². The molecule has 1 aromatic heterocycles. The van der Waals surface area contributed by atoms with E-state index in [1.54, 1.807) is 20.0 Å².